The Morgan fingerprint density at radius 3 is 2.62 bits per heavy atom. The van der Waals surface area contributed by atoms with Gasteiger partial charge in [-0.15, -0.1) is 5.10 Å². The molecule has 1 aliphatic heterocycles. The minimum atomic E-state index is -3.67. The summed E-state index contributed by atoms with van der Waals surface area (Å²) in [5.41, 5.74) is 0.942. The molecule has 0 amide bonds. The van der Waals surface area contributed by atoms with Crippen LogP contribution in [-0.2, 0) is 14.8 Å². The molecular formula is C16H20FN5O3S. The van der Waals surface area contributed by atoms with Gasteiger partial charge in [0.2, 0.25) is 10.0 Å². The van der Waals surface area contributed by atoms with Gasteiger partial charge in [0.25, 0.3) is 0 Å². The number of nitrogens with zero attached hydrogens (tertiary/aromatic N) is 3. The number of aromatic nitrogens is 2. The first kappa shape index (κ1) is 18.5. The van der Waals surface area contributed by atoms with Crippen LogP contribution >= 0.6 is 0 Å². The number of hydrogen-bond acceptors (Lipinski definition) is 7. The van der Waals surface area contributed by atoms with E-state index in [1.54, 1.807) is 6.20 Å². The van der Waals surface area contributed by atoms with Crippen LogP contribution in [0.3, 0.4) is 0 Å². The minimum absolute atomic E-state index is 0.0213. The van der Waals surface area contributed by atoms with Crippen LogP contribution in [0.15, 0.2) is 41.4 Å². The third-order valence-corrected chi connectivity index (χ3v) is 5.34. The van der Waals surface area contributed by atoms with Crippen molar-refractivity contribution in [3.63, 3.8) is 0 Å². The fraction of sp³-hybridized carbons (Fsp3) is 0.375. The summed E-state index contributed by atoms with van der Waals surface area (Å²) in [6, 6.07) is 6.54. The number of benzene rings is 1. The Morgan fingerprint density at radius 2 is 1.88 bits per heavy atom. The number of hydrogen-bond donors (Lipinski definition) is 2. The molecule has 0 saturated carbocycles. The van der Waals surface area contributed by atoms with Crippen LogP contribution in [0.2, 0.25) is 0 Å². The summed E-state index contributed by atoms with van der Waals surface area (Å²) < 4.78 is 44.9. The topological polar surface area (TPSA) is 96.5 Å². The number of rotatable bonds is 7. The molecule has 2 aromatic rings. The number of ether oxygens (including phenoxy) is 1. The highest BCUT2D eigenvalue weighted by atomic mass is 32.2. The van der Waals surface area contributed by atoms with Gasteiger partial charge in [-0.2, -0.15) is 5.10 Å². The zero-order valence-electron chi connectivity index (χ0n) is 14.1. The van der Waals surface area contributed by atoms with E-state index in [9.17, 15) is 12.8 Å². The Morgan fingerprint density at radius 1 is 1.15 bits per heavy atom. The van der Waals surface area contributed by atoms with Crippen molar-refractivity contribution in [3.05, 3.63) is 42.3 Å². The standard InChI is InChI=1S/C16H20FN5O3S/c17-13-1-3-15(4-2-13)26(23,24)20-6-5-18-16-11-14(12-19-21-16)22-7-9-25-10-8-22/h1-4,11-12,20H,5-10H2,(H,18,21). The monoisotopic (exact) mass is 381 g/mol. The maximum atomic E-state index is 12.9. The molecule has 10 heteroatoms. The Hall–Kier alpha value is -2.30. The number of sulfonamides is 1. The third-order valence-electron chi connectivity index (χ3n) is 3.86. The normalized spacial score (nSPS) is 15.0. The van der Waals surface area contributed by atoms with Crippen molar-refractivity contribution in [3.8, 4) is 0 Å². The van der Waals surface area contributed by atoms with E-state index >= 15 is 0 Å². The number of anilines is 2. The molecule has 0 bridgehead atoms. The zero-order chi connectivity index (χ0) is 18.4. The van der Waals surface area contributed by atoms with Gasteiger partial charge in [0.05, 0.1) is 30.0 Å². The molecule has 8 nitrogen and oxygen atoms in total. The van der Waals surface area contributed by atoms with Crippen molar-refractivity contribution in [2.45, 2.75) is 4.90 Å². The van der Waals surface area contributed by atoms with Crippen molar-refractivity contribution in [1.29, 1.82) is 0 Å². The number of morpholine rings is 1. The summed E-state index contributed by atoms with van der Waals surface area (Å²) in [5, 5.41) is 11.0. The van der Waals surface area contributed by atoms with Gasteiger partial charge < -0.3 is 15.0 Å². The summed E-state index contributed by atoms with van der Waals surface area (Å²) in [6.07, 6.45) is 1.69. The molecule has 26 heavy (non-hydrogen) atoms. The predicted octanol–water partition coefficient (Wildman–Crippen LogP) is 0.843. The van der Waals surface area contributed by atoms with Gasteiger partial charge in [0, 0.05) is 32.2 Å². The van der Waals surface area contributed by atoms with Gasteiger partial charge >= 0.3 is 0 Å². The second-order valence-corrected chi connectivity index (χ2v) is 7.44. The summed E-state index contributed by atoms with van der Waals surface area (Å²) >= 11 is 0. The molecule has 0 aliphatic carbocycles. The molecule has 2 N–H and O–H groups in total. The van der Waals surface area contributed by atoms with Gasteiger partial charge in [0.1, 0.15) is 5.82 Å². The van der Waals surface area contributed by atoms with Gasteiger partial charge in [-0.3, -0.25) is 0 Å². The second kappa shape index (κ2) is 8.39. The van der Waals surface area contributed by atoms with E-state index < -0.39 is 15.8 Å². The molecule has 1 saturated heterocycles. The van der Waals surface area contributed by atoms with Gasteiger partial charge in [-0.1, -0.05) is 0 Å². The molecular weight excluding hydrogens is 361 g/mol. The Labute approximate surface area is 151 Å². The fourth-order valence-corrected chi connectivity index (χ4v) is 3.54. The van der Waals surface area contributed by atoms with Crippen LogP contribution in [0, 0.1) is 5.82 Å². The highest BCUT2D eigenvalue weighted by Crippen LogP contribution is 2.17. The predicted molar refractivity (Wildman–Crippen MR) is 95.1 cm³/mol. The average molecular weight is 381 g/mol. The molecule has 1 aliphatic rings. The van der Waals surface area contributed by atoms with E-state index in [4.69, 9.17) is 4.74 Å². The van der Waals surface area contributed by atoms with Gasteiger partial charge in [0.15, 0.2) is 5.82 Å². The quantitative estimate of drug-likeness (QED) is 0.686. The van der Waals surface area contributed by atoms with E-state index in [1.807, 2.05) is 6.07 Å². The molecule has 0 spiro atoms. The maximum Gasteiger partial charge on any atom is 0.240 e. The summed E-state index contributed by atoms with van der Waals surface area (Å²) in [6.45, 7) is 3.43. The summed E-state index contributed by atoms with van der Waals surface area (Å²) in [5.74, 6) is 0.0827. The van der Waals surface area contributed by atoms with Crippen molar-refractivity contribution < 1.29 is 17.5 Å². The molecule has 1 fully saturated rings. The van der Waals surface area contributed by atoms with Crippen LogP contribution in [0.25, 0.3) is 0 Å². The largest absolute Gasteiger partial charge is 0.378 e. The third kappa shape index (κ3) is 4.87. The highest BCUT2D eigenvalue weighted by molar-refractivity contribution is 7.89. The minimum Gasteiger partial charge on any atom is -0.378 e. The van der Waals surface area contributed by atoms with Crippen LogP contribution in [0.4, 0.5) is 15.9 Å². The Kier molecular flexibility index (Phi) is 5.96. The van der Waals surface area contributed by atoms with E-state index in [0.29, 0.717) is 25.6 Å². The lowest BCUT2D eigenvalue weighted by molar-refractivity contribution is 0.122. The maximum absolute atomic E-state index is 12.9. The lowest BCUT2D eigenvalue weighted by Gasteiger charge is -2.28. The Bertz CT molecular complexity index is 826. The van der Waals surface area contributed by atoms with Gasteiger partial charge in [-0.25, -0.2) is 17.5 Å². The van der Waals surface area contributed by atoms with E-state index in [2.05, 4.69) is 25.1 Å². The number of halogens is 1. The van der Waals surface area contributed by atoms with Crippen LogP contribution in [-0.4, -0.2) is 58.0 Å². The first-order chi connectivity index (χ1) is 12.5. The molecule has 0 atom stereocenters. The molecule has 1 aromatic carbocycles. The molecule has 0 unspecified atom stereocenters. The first-order valence-corrected chi connectivity index (χ1v) is 9.67. The zero-order valence-corrected chi connectivity index (χ0v) is 14.9. The highest BCUT2D eigenvalue weighted by Gasteiger charge is 2.14. The van der Waals surface area contributed by atoms with Crippen molar-refractivity contribution in [1.82, 2.24) is 14.9 Å². The van der Waals surface area contributed by atoms with Crippen molar-refractivity contribution in [2.75, 3.05) is 49.6 Å². The van der Waals surface area contributed by atoms with E-state index in [0.717, 1.165) is 30.9 Å². The summed E-state index contributed by atoms with van der Waals surface area (Å²) in [7, 11) is -3.67. The van der Waals surface area contributed by atoms with E-state index in [1.165, 1.54) is 12.1 Å². The Balaban J connectivity index is 1.51. The molecule has 1 aromatic heterocycles. The molecule has 3 rings (SSSR count). The smallest absolute Gasteiger partial charge is 0.240 e. The molecule has 140 valence electrons. The molecule has 2 heterocycles. The lowest BCUT2D eigenvalue weighted by Crippen LogP contribution is -2.36. The van der Waals surface area contributed by atoms with Crippen LogP contribution < -0.4 is 14.9 Å². The number of nitrogens with one attached hydrogen (secondary N) is 2. The lowest BCUT2D eigenvalue weighted by atomic mass is 10.3. The summed E-state index contributed by atoms with van der Waals surface area (Å²) in [4.78, 5) is 2.17. The second-order valence-electron chi connectivity index (χ2n) is 5.68. The first-order valence-electron chi connectivity index (χ1n) is 8.19. The fourth-order valence-electron chi connectivity index (χ4n) is 2.51. The SMILES string of the molecule is O=S(=O)(NCCNc1cc(N2CCOCC2)cnn1)c1ccc(F)cc1. The van der Waals surface area contributed by atoms with E-state index in [-0.39, 0.29) is 11.4 Å². The van der Waals surface area contributed by atoms with Crippen molar-refractivity contribution >= 4 is 21.5 Å². The van der Waals surface area contributed by atoms with Crippen LogP contribution in [0.1, 0.15) is 0 Å². The van der Waals surface area contributed by atoms with Crippen LogP contribution in [0.5, 0.6) is 0 Å². The average Bonchev–Trinajstić information content (AvgIpc) is 2.67. The van der Waals surface area contributed by atoms with Gasteiger partial charge in [-0.05, 0) is 24.3 Å². The van der Waals surface area contributed by atoms with Crippen molar-refractivity contribution in [2.24, 2.45) is 0 Å². The molecule has 0 radical (unpaired) electrons.